The van der Waals surface area contributed by atoms with Gasteiger partial charge in [-0.3, -0.25) is 0 Å². The topological polar surface area (TPSA) is 37.9 Å². The van der Waals surface area contributed by atoms with Gasteiger partial charge in [0.2, 0.25) is 0 Å². The average molecular weight is 314 g/mol. The molecular weight excluding hydrogens is 296 g/mol. The van der Waals surface area contributed by atoms with E-state index in [-0.39, 0.29) is 0 Å². The van der Waals surface area contributed by atoms with Crippen molar-refractivity contribution >= 4 is 11.0 Å². The normalized spacial score (nSPS) is 10.9. The van der Waals surface area contributed by atoms with Gasteiger partial charge in [0.1, 0.15) is 18.2 Å². The van der Waals surface area contributed by atoms with Gasteiger partial charge in [-0.1, -0.05) is 48.5 Å². The summed E-state index contributed by atoms with van der Waals surface area (Å²) in [4.78, 5) is 8.05. The van der Waals surface area contributed by atoms with Gasteiger partial charge in [-0.15, -0.1) is 0 Å². The Morgan fingerprint density at radius 3 is 2.50 bits per heavy atom. The van der Waals surface area contributed by atoms with E-state index in [0.29, 0.717) is 6.61 Å². The van der Waals surface area contributed by atoms with Gasteiger partial charge < -0.3 is 9.72 Å². The summed E-state index contributed by atoms with van der Waals surface area (Å²) in [7, 11) is 0. The molecule has 24 heavy (non-hydrogen) atoms. The van der Waals surface area contributed by atoms with Crippen LogP contribution in [-0.2, 0) is 6.61 Å². The molecule has 4 aromatic rings. The molecule has 0 atom stereocenters. The van der Waals surface area contributed by atoms with Gasteiger partial charge in [-0.2, -0.15) is 0 Å². The number of nitrogens with zero attached hydrogens (tertiary/aromatic N) is 1. The van der Waals surface area contributed by atoms with E-state index in [1.807, 2.05) is 60.7 Å². The number of imidazole rings is 1. The fourth-order valence-electron chi connectivity index (χ4n) is 2.80. The quantitative estimate of drug-likeness (QED) is 0.568. The number of hydrogen-bond donors (Lipinski definition) is 1. The van der Waals surface area contributed by atoms with Gasteiger partial charge in [0, 0.05) is 0 Å². The number of aryl methyl sites for hydroxylation is 1. The zero-order chi connectivity index (χ0) is 16.4. The molecule has 4 rings (SSSR count). The predicted octanol–water partition coefficient (Wildman–Crippen LogP) is 5.12. The highest BCUT2D eigenvalue weighted by Crippen LogP contribution is 2.30. The van der Waals surface area contributed by atoms with E-state index in [4.69, 9.17) is 4.74 Å². The average Bonchev–Trinajstić information content (AvgIpc) is 3.05. The molecule has 1 N–H and O–H groups in total. The number of H-pyrrole nitrogens is 1. The third-order valence-corrected chi connectivity index (χ3v) is 4.18. The summed E-state index contributed by atoms with van der Waals surface area (Å²) in [6.45, 7) is 2.65. The standard InChI is InChI=1S/C21H18N2O/c1-15-8-2-3-9-16(15)14-24-20-13-7-4-10-17(20)21-22-18-11-5-6-12-19(18)23-21/h2-13H,14H2,1H3,(H,22,23). The van der Waals surface area contributed by atoms with Gasteiger partial charge in [-0.25, -0.2) is 4.98 Å². The summed E-state index contributed by atoms with van der Waals surface area (Å²) >= 11 is 0. The molecule has 0 aliphatic heterocycles. The smallest absolute Gasteiger partial charge is 0.142 e. The van der Waals surface area contributed by atoms with Crippen LogP contribution in [0.2, 0.25) is 0 Å². The van der Waals surface area contributed by atoms with Crippen LogP contribution >= 0.6 is 0 Å². The maximum atomic E-state index is 6.09. The molecule has 0 aliphatic rings. The van der Waals surface area contributed by atoms with Crippen LogP contribution in [0.5, 0.6) is 5.75 Å². The number of rotatable bonds is 4. The monoisotopic (exact) mass is 314 g/mol. The summed E-state index contributed by atoms with van der Waals surface area (Å²) in [6.07, 6.45) is 0. The Hall–Kier alpha value is -3.07. The Morgan fingerprint density at radius 2 is 1.62 bits per heavy atom. The lowest BCUT2D eigenvalue weighted by molar-refractivity contribution is 0.306. The van der Waals surface area contributed by atoms with Crippen molar-refractivity contribution in [3.8, 4) is 17.1 Å². The van der Waals surface area contributed by atoms with Crippen molar-refractivity contribution in [1.82, 2.24) is 9.97 Å². The van der Waals surface area contributed by atoms with Gasteiger partial charge in [0.05, 0.1) is 16.6 Å². The van der Waals surface area contributed by atoms with Crippen molar-refractivity contribution in [2.24, 2.45) is 0 Å². The molecule has 0 aliphatic carbocycles. The van der Waals surface area contributed by atoms with Crippen LogP contribution in [0.1, 0.15) is 11.1 Å². The third-order valence-electron chi connectivity index (χ3n) is 4.18. The second-order valence-corrected chi connectivity index (χ2v) is 5.81. The van der Waals surface area contributed by atoms with Gasteiger partial charge in [0.15, 0.2) is 0 Å². The van der Waals surface area contributed by atoms with E-state index in [2.05, 4.69) is 29.0 Å². The summed E-state index contributed by atoms with van der Waals surface area (Å²) in [5, 5.41) is 0. The van der Waals surface area contributed by atoms with E-state index >= 15 is 0 Å². The zero-order valence-electron chi connectivity index (χ0n) is 13.5. The molecule has 0 amide bonds. The number of aromatic amines is 1. The Balaban J connectivity index is 1.66. The Kier molecular flexibility index (Phi) is 3.75. The van der Waals surface area contributed by atoms with Crippen LogP contribution in [0.15, 0.2) is 72.8 Å². The number of fused-ring (bicyclic) bond motifs is 1. The first-order valence-corrected chi connectivity index (χ1v) is 8.03. The Morgan fingerprint density at radius 1 is 0.875 bits per heavy atom. The van der Waals surface area contributed by atoms with Crippen LogP contribution in [0, 0.1) is 6.92 Å². The summed E-state index contributed by atoms with van der Waals surface area (Å²) < 4.78 is 6.09. The number of ether oxygens (including phenoxy) is 1. The van der Waals surface area contributed by atoms with Gasteiger partial charge in [0.25, 0.3) is 0 Å². The molecule has 0 radical (unpaired) electrons. The molecule has 0 spiro atoms. The molecule has 3 aromatic carbocycles. The first-order valence-electron chi connectivity index (χ1n) is 8.03. The maximum absolute atomic E-state index is 6.09. The van der Waals surface area contributed by atoms with E-state index in [1.54, 1.807) is 0 Å². The molecular formula is C21H18N2O. The molecule has 0 saturated heterocycles. The summed E-state index contributed by atoms with van der Waals surface area (Å²) in [5.41, 5.74) is 5.39. The van der Waals surface area contributed by atoms with Crippen LogP contribution in [-0.4, -0.2) is 9.97 Å². The number of hydrogen-bond acceptors (Lipinski definition) is 2. The highest BCUT2D eigenvalue weighted by atomic mass is 16.5. The fraction of sp³-hybridized carbons (Fsp3) is 0.0952. The second kappa shape index (κ2) is 6.20. The van der Waals surface area contributed by atoms with E-state index in [1.165, 1.54) is 11.1 Å². The minimum atomic E-state index is 0.546. The largest absolute Gasteiger partial charge is 0.488 e. The molecule has 0 bridgehead atoms. The number of nitrogens with one attached hydrogen (secondary N) is 1. The predicted molar refractivity (Wildman–Crippen MR) is 97.0 cm³/mol. The molecule has 0 saturated carbocycles. The lowest BCUT2D eigenvalue weighted by Gasteiger charge is -2.11. The van der Waals surface area contributed by atoms with Crippen molar-refractivity contribution in [3.63, 3.8) is 0 Å². The van der Waals surface area contributed by atoms with Gasteiger partial charge >= 0.3 is 0 Å². The first-order chi connectivity index (χ1) is 11.8. The SMILES string of the molecule is Cc1ccccc1COc1ccccc1-c1nc2ccccc2[nH]1. The summed E-state index contributed by atoms with van der Waals surface area (Å²) in [5.74, 6) is 1.66. The molecule has 0 fully saturated rings. The molecule has 1 heterocycles. The molecule has 3 nitrogen and oxygen atoms in total. The highest BCUT2D eigenvalue weighted by Gasteiger charge is 2.11. The van der Waals surface area contributed by atoms with E-state index in [0.717, 1.165) is 28.2 Å². The molecule has 3 heteroatoms. The first kappa shape index (κ1) is 14.5. The minimum Gasteiger partial charge on any atom is -0.488 e. The molecule has 0 unspecified atom stereocenters. The number of aromatic nitrogens is 2. The van der Waals surface area contributed by atoms with Crippen LogP contribution in [0.25, 0.3) is 22.4 Å². The van der Waals surface area contributed by atoms with Crippen LogP contribution in [0.3, 0.4) is 0 Å². The van der Waals surface area contributed by atoms with Crippen molar-refractivity contribution in [1.29, 1.82) is 0 Å². The third kappa shape index (κ3) is 2.76. The number of benzene rings is 3. The van der Waals surface area contributed by atoms with Crippen molar-refractivity contribution < 1.29 is 4.74 Å². The maximum Gasteiger partial charge on any atom is 0.142 e. The molecule has 1 aromatic heterocycles. The van der Waals surface area contributed by atoms with Crippen molar-refractivity contribution in [2.45, 2.75) is 13.5 Å². The number of para-hydroxylation sites is 3. The Bertz CT molecular complexity index is 955. The van der Waals surface area contributed by atoms with E-state index < -0.39 is 0 Å². The fourth-order valence-corrected chi connectivity index (χ4v) is 2.80. The second-order valence-electron chi connectivity index (χ2n) is 5.81. The van der Waals surface area contributed by atoms with E-state index in [9.17, 15) is 0 Å². The lowest BCUT2D eigenvalue weighted by atomic mass is 10.1. The van der Waals surface area contributed by atoms with Gasteiger partial charge in [-0.05, 0) is 42.3 Å². The van der Waals surface area contributed by atoms with Crippen molar-refractivity contribution in [2.75, 3.05) is 0 Å². The molecule has 118 valence electrons. The van der Waals surface area contributed by atoms with Crippen LogP contribution < -0.4 is 4.74 Å². The summed E-state index contributed by atoms with van der Waals surface area (Å²) in [6, 6.07) is 24.3. The zero-order valence-corrected chi connectivity index (χ0v) is 13.5. The highest BCUT2D eigenvalue weighted by molar-refractivity contribution is 5.80. The minimum absolute atomic E-state index is 0.546. The Labute approximate surface area is 140 Å². The lowest BCUT2D eigenvalue weighted by Crippen LogP contribution is -1.99. The van der Waals surface area contributed by atoms with Crippen LogP contribution in [0.4, 0.5) is 0 Å². The van der Waals surface area contributed by atoms with Crippen molar-refractivity contribution in [3.05, 3.63) is 83.9 Å².